The van der Waals surface area contributed by atoms with Crippen LogP contribution in [-0.4, -0.2) is 6.61 Å². The number of hydrogen-bond donors (Lipinski definition) is 0. The summed E-state index contributed by atoms with van der Waals surface area (Å²) in [7, 11) is 0. The van der Waals surface area contributed by atoms with Crippen molar-refractivity contribution < 1.29 is 4.74 Å². The Bertz CT molecular complexity index is 487. The van der Waals surface area contributed by atoms with Crippen molar-refractivity contribution in [2.75, 3.05) is 6.61 Å². The summed E-state index contributed by atoms with van der Waals surface area (Å²) < 4.78 is 5.85. The number of benzene rings is 2. The standard InChI is InChI=1S/C19H23O/c1-3-4-8-16(2)15-20-19-13-11-18(12-14-19)17-9-6-5-7-10-17/h6-7,9-14,16H,3-4,8,15H2,1-2H3. The lowest BCUT2D eigenvalue weighted by Gasteiger charge is -2.13. The third-order valence-corrected chi connectivity index (χ3v) is 3.49. The lowest BCUT2D eigenvalue weighted by Crippen LogP contribution is -2.08. The third-order valence-electron chi connectivity index (χ3n) is 3.49. The monoisotopic (exact) mass is 267 g/mol. The highest BCUT2D eigenvalue weighted by molar-refractivity contribution is 5.63. The van der Waals surface area contributed by atoms with Crippen molar-refractivity contribution in [3.8, 4) is 16.9 Å². The quantitative estimate of drug-likeness (QED) is 0.656. The maximum atomic E-state index is 5.85. The van der Waals surface area contributed by atoms with Crippen LogP contribution in [0.15, 0.2) is 48.5 Å². The van der Waals surface area contributed by atoms with Crippen LogP contribution in [0.4, 0.5) is 0 Å². The van der Waals surface area contributed by atoms with E-state index < -0.39 is 0 Å². The lowest BCUT2D eigenvalue weighted by molar-refractivity contribution is 0.250. The first-order valence-electron chi connectivity index (χ1n) is 7.49. The Labute approximate surface area is 122 Å². The van der Waals surface area contributed by atoms with Crippen molar-refractivity contribution in [1.29, 1.82) is 0 Å². The second kappa shape index (κ2) is 7.74. The first-order chi connectivity index (χ1) is 9.79. The summed E-state index contributed by atoms with van der Waals surface area (Å²) in [4.78, 5) is 0. The predicted molar refractivity (Wildman–Crippen MR) is 84.9 cm³/mol. The van der Waals surface area contributed by atoms with Gasteiger partial charge in [-0.15, -0.1) is 0 Å². The molecule has 1 nitrogen and oxygen atoms in total. The minimum atomic E-state index is 0.624. The van der Waals surface area contributed by atoms with Crippen LogP contribution >= 0.6 is 0 Å². The van der Waals surface area contributed by atoms with Gasteiger partial charge in [0.2, 0.25) is 0 Å². The normalized spacial score (nSPS) is 12.1. The Morgan fingerprint density at radius 2 is 1.65 bits per heavy atom. The first kappa shape index (κ1) is 14.6. The molecule has 1 radical (unpaired) electrons. The Morgan fingerprint density at radius 1 is 1.00 bits per heavy atom. The van der Waals surface area contributed by atoms with E-state index in [-0.39, 0.29) is 0 Å². The van der Waals surface area contributed by atoms with Gasteiger partial charge in [0.25, 0.3) is 0 Å². The second-order valence-corrected chi connectivity index (χ2v) is 5.37. The molecular formula is C19H23O. The molecule has 0 aromatic heterocycles. The van der Waals surface area contributed by atoms with Crippen molar-refractivity contribution in [1.82, 2.24) is 0 Å². The molecule has 1 heteroatoms. The van der Waals surface area contributed by atoms with Gasteiger partial charge in [0.05, 0.1) is 6.61 Å². The van der Waals surface area contributed by atoms with E-state index in [2.05, 4.69) is 56.3 Å². The average Bonchev–Trinajstić information content (AvgIpc) is 2.52. The summed E-state index contributed by atoms with van der Waals surface area (Å²) in [6.45, 7) is 5.29. The molecule has 1 unspecified atom stereocenters. The molecule has 0 aliphatic heterocycles. The molecule has 0 amide bonds. The molecule has 105 valence electrons. The second-order valence-electron chi connectivity index (χ2n) is 5.37. The highest BCUT2D eigenvalue weighted by atomic mass is 16.5. The molecule has 0 N–H and O–H groups in total. The molecule has 2 aromatic rings. The van der Waals surface area contributed by atoms with Crippen LogP contribution in [0.5, 0.6) is 5.75 Å². The molecule has 0 fully saturated rings. The van der Waals surface area contributed by atoms with E-state index in [4.69, 9.17) is 4.74 Å². The summed E-state index contributed by atoms with van der Waals surface area (Å²) in [5.74, 6) is 1.58. The van der Waals surface area contributed by atoms with Crippen LogP contribution < -0.4 is 4.74 Å². The van der Waals surface area contributed by atoms with E-state index in [1.807, 2.05) is 12.1 Å². The molecule has 2 rings (SSSR count). The summed E-state index contributed by atoms with van der Waals surface area (Å²) in [6.07, 6.45) is 3.79. The van der Waals surface area contributed by atoms with Gasteiger partial charge < -0.3 is 4.74 Å². The first-order valence-corrected chi connectivity index (χ1v) is 7.49. The number of hydrogen-bond acceptors (Lipinski definition) is 1. The van der Waals surface area contributed by atoms with Gasteiger partial charge in [-0.05, 0) is 41.7 Å². The van der Waals surface area contributed by atoms with E-state index in [0.717, 1.165) is 12.4 Å². The third kappa shape index (κ3) is 4.41. The highest BCUT2D eigenvalue weighted by Gasteiger charge is 2.03. The van der Waals surface area contributed by atoms with Crippen LogP contribution in [0.1, 0.15) is 33.1 Å². The van der Waals surface area contributed by atoms with E-state index in [0.29, 0.717) is 5.92 Å². The fraction of sp³-hybridized carbons (Fsp3) is 0.368. The molecule has 20 heavy (non-hydrogen) atoms. The van der Waals surface area contributed by atoms with Crippen LogP contribution in [0, 0.1) is 12.0 Å². The van der Waals surface area contributed by atoms with E-state index in [1.54, 1.807) is 0 Å². The Morgan fingerprint density at radius 3 is 2.30 bits per heavy atom. The van der Waals surface area contributed by atoms with Crippen LogP contribution in [0.2, 0.25) is 0 Å². The minimum absolute atomic E-state index is 0.624. The van der Waals surface area contributed by atoms with Gasteiger partial charge in [-0.25, -0.2) is 0 Å². The molecule has 2 aromatic carbocycles. The zero-order chi connectivity index (χ0) is 14.2. The van der Waals surface area contributed by atoms with Gasteiger partial charge in [-0.3, -0.25) is 0 Å². The molecular weight excluding hydrogens is 244 g/mol. The topological polar surface area (TPSA) is 9.23 Å². The van der Waals surface area contributed by atoms with Crippen LogP contribution in [0.25, 0.3) is 11.1 Å². The molecule has 0 heterocycles. The van der Waals surface area contributed by atoms with Gasteiger partial charge in [0, 0.05) is 0 Å². The smallest absolute Gasteiger partial charge is 0.119 e. The van der Waals surface area contributed by atoms with Crippen molar-refractivity contribution in [2.24, 2.45) is 5.92 Å². The van der Waals surface area contributed by atoms with Gasteiger partial charge >= 0.3 is 0 Å². The predicted octanol–water partition coefficient (Wildman–Crippen LogP) is 5.36. The molecule has 0 saturated heterocycles. The van der Waals surface area contributed by atoms with E-state index >= 15 is 0 Å². The molecule has 1 atom stereocenters. The fourth-order valence-corrected chi connectivity index (χ4v) is 2.20. The SMILES string of the molecule is CCCCC(C)COc1ccc(-c2cc[c]cc2)cc1. The van der Waals surface area contributed by atoms with Gasteiger partial charge in [0.1, 0.15) is 5.75 Å². The van der Waals surface area contributed by atoms with Gasteiger partial charge in [-0.1, -0.05) is 63.1 Å². The maximum Gasteiger partial charge on any atom is 0.119 e. The zero-order valence-corrected chi connectivity index (χ0v) is 12.4. The van der Waals surface area contributed by atoms with Crippen LogP contribution in [-0.2, 0) is 0 Å². The minimum Gasteiger partial charge on any atom is -0.493 e. The number of ether oxygens (including phenoxy) is 1. The van der Waals surface area contributed by atoms with Gasteiger partial charge in [0.15, 0.2) is 0 Å². The Balaban J connectivity index is 1.89. The largest absolute Gasteiger partial charge is 0.493 e. The number of unbranched alkanes of at least 4 members (excludes halogenated alkanes) is 1. The molecule has 0 saturated carbocycles. The van der Waals surface area contributed by atoms with Crippen molar-refractivity contribution in [2.45, 2.75) is 33.1 Å². The molecule has 0 bridgehead atoms. The Hall–Kier alpha value is -1.76. The number of rotatable bonds is 7. The molecule has 0 aliphatic carbocycles. The van der Waals surface area contributed by atoms with E-state index in [1.165, 1.54) is 30.4 Å². The molecule has 0 spiro atoms. The fourth-order valence-electron chi connectivity index (χ4n) is 2.20. The van der Waals surface area contributed by atoms with Crippen molar-refractivity contribution >= 4 is 0 Å². The van der Waals surface area contributed by atoms with Crippen molar-refractivity contribution in [3.63, 3.8) is 0 Å². The zero-order valence-electron chi connectivity index (χ0n) is 12.4. The van der Waals surface area contributed by atoms with Crippen LogP contribution in [0.3, 0.4) is 0 Å². The lowest BCUT2D eigenvalue weighted by atomic mass is 10.1. The van der Waals surface area contributed by atoms with Gasteiger partial charge in [-0.2, -0.15) is 0 Å². The maximum absolute atomic E-state index is 5.85. The van der Waals surface area contributed by atoms with Crippen molar-refractivity contribution in [3.05, 3.63) is 54.6 Å². The summed E-state index contributed by atoms with van der Waals surface area (Å²) >= 11 is 0. The summed E-state index contributed by atoms with van der Waals surface area (Å²) in [6, 6.07) is 19.4. The summed E-state index contributed by atoms with van der Waals surface area (Å²) in [5, 5.41) is 0. The Kier molecular flexibility index (Phi) is 5.67. The summed E-state index contributed by atoms with van der Waals surface area (Å²) in [5.41, 5.74) is 2.43. The van der Waals surface area contributed by atoms with E-state index in [9.17, 15) is 0 Å². The highest BCUT2D eigenvalue weighted by Crippen LogP contribution is 2.22. The average molecular weight is 267 g/mol. The molecule has 0 aliphatic rings.